The first kappa shape index (κ1) is 32.2. The standard InChI is InChI=1S/C51H37IN4/c1-53-43-15-6-4-10-36(43)40-26-30(19-23-45(40)53)31-20-25-47-42(27-31)38-22-18-33(29-49(38)56(47)52)34-12-9-17-48-50(34)39-14-8-13-35(51(39)55(48)3)32-21-24-46-41(28-32)37-11-5-7-16-44(37)54(46)2/h4-5,7-14,16-29H,6,15H2,1-3H3. The highest BCUT2D eigenvalue weighted by Gasteiger charge is 2.20. The second kappa shape index (κ2) is 11.7. The highest BCUT2D eigenvalue weighted by molar-refractivity contribution is 14.1. The molecule has 0 saturated carbocycles. The molecule has 0 fully saturated rings. The van der Waals surface area contributed by atoms with E-state index in [0.29, 0.717) is 0 Å². The van der Waals surface area contributed by atoms with Crippen molar-refractivity contribution >= 4 is 105 Å². The molecular formula is C51H37IN4. The smallest absolute Gasteiger partial charge is 0.0646 e. The molecule has 0 atom stereocenters. The summed E-state index contributed by atoms with van der Waals surface area (Å²) < 4.78 is 9.41. The van der Waals surface area contributed by atoms with Gasteiger partial charge in [0.25, 0.3) is 0 Å². The van der Waals surface area contributed by atoms with Crippen LogP contribution in [0.1, 0.15) is 17.7 Å². The summed E-state index contributed by atoms with van der Waals surface area (Å²) in [6, 6.07) is 50.3. The zero-order valence-corrected chi connectivity index (χ0v) is 33.6. The van der Waals surface area contributed by atoms with Crippen LogP contribution in [-0.2, 0) is 27.6 Å². The molecule has 268 valence electrons. The minimum absolute atomic E-state index is 1.11. The van der Waals surface area contributed by atoms with Crippen molar-refractivity contribution in [3.05, 3.63) is 151 Å². The predicted octanol–water partition coefficient (Wildman–Crippen LogP) is 13.7. The fourth-order valence-corrected chi connectivity index (χ4v) is 10.9. The van der Waals surface area contributed by atoms with Crippen LogP contribution >= 0.6 is 22.9 Å². The quantitative estimate of drug-likeness (QED) is 0.158. The molecule has 12 rings (SSSR count). The number of hydrogen-bond acceptors (Lipinski definition) is 0. The Morgan fingerprint density at radius 3 is 1.93 bits per heavy atom. The third-order valence-electron chi connectivity index (χ3n) is 12.8. The maximum absolute atomic E-state index is 2.49. The Labute approximate surface area is 338 Å². The van der Waals surface area contributed by atoms with Crippen molar-refractivity contribution in [3.8, 4) is 33.4 Å². The molecule has 4 heterocycles. The molecule has 4 nitrogen and oxygen atoms in total. The first-order valence-corrected chi connectivity index (χ1v) is 20.4. The molecule has 1 aliphatic carbocycles. The summed E-state index contributed by atoms with van der Waals surface area (Å²) in [4.78, 5) is 0. The molecule has 0 amide bonds. The lowest BCUT2D eigenvalue weighted by Gasteiger charge is -2.08. The van der Waals surface area contributed by atoms with Crippen LogP contribution in [-0.4, -0.2) is 16.5 Å². The zero-order valence-electron chi connectivity index (χ0n) is 31.4. The molecule has 1 aliphatic rings. The number of nitrogens with zero attached hydrogens (tertiary/aromatic N) is 4. The lowest BCUT2D eigenvalue weighted by molar-refractivity contribution is 0.824. The number of para-hydroxylation sites is 2. The van der Waals surface area contributed by atoms with E-state index in [0.717, 1.165) is 12.8 Å². The molecule has 0 aliphatic heterocycles. The summed E-state index contributed by atoms with van der Waals surface area (Å²) in [5.74, 6) is 0. The maximum Gasteiger partial charge on any atom is 0.0646 e. The van der Waals surface area contributed by atoms with Gasteiger partial charge in [-0.25, -0.2) is 0 Å². The Morgan fingerprint density at radius 1 is 0.446 bits per heavy atom. The third-order valence-corrected chi connectivity index (χ3v) is 13.9. The van der Waals surface area contributed by atoms with Crippen molar-refractivity contribution in [2.24, 2.45) is 21.1 Å². The first-order valence-electron chi connectivity index (χ1n) is 19.5. The molecular weight excluding hydrogens is 795 g/mol. The van der Waals surface area contributed by atoms with E-state index < -0.39 is 0 Å². The Bertz CT molecular complexity index is 3530. The summed E-state index contributed by atoms with van der Waals surface area (Å²) >= 11 is 2.49. The fraction of sp³-hybridized carbons (Fsp3) is 0.0980. The minimum atomic E-state index is 1.11. The van der Waals surface area contributed by atoms with E-state index in [9.17, 15) is 0 Å². The lowest BCUT2D eigenvalue weighted by atomic mass is 9.96. The van der Waals surface area contributed by atoms with Gasteiger partial charge in [-0.1, -0.05) is 91.0 Å². The molecule has 0 unspecified atom stereocenters. The molecule has 11 aromatic rings. The number of fused-ring (bicyclic) bond motifs is 12. The van der Waals surface area contributed by atoms with Crippen LogP contribution in [0, 0.1) is 0 Å². The van der Waals surface area contributed by atoms with Crippen LogP contribution < -0.4 is 0 Å². The monoisotopic (exact) mass is 832 g/mol. The third kappa shape index (κ3) is 4.35. The molecule has 0 radical (unpaired) electrons. The van der Waals surface area contributed by atoms with E-state index in [4.69, 9.17) is 0 Å². The van der Waals surface area contributed by atoms with Gasteiger partial charge in [0.05, 0.1) is 39.4 Å². The molecule has 0 bridgehead atoms. The van der Waals surface area contributed by atoms with Gasteiger partial charge in [0.2, 0.25) is 0 Å². The zero-order chi connectivity index (χ0) is 37.4. The summed E-state index contributed by atoms with van der Waals surface area (Å²) in [5.41, 5.74) is 19.1. The summed E-state index contributed by atoms with van der Waals surface area (Å²) in [7, 11) is 6.60. The van der Waals surface area contributed by atoms with Crippen molar-refractivity contribution in [2.45, 2.75) is 12.8 Å². The van der Waals surface area contributed by atoms with Gasteiger partial charge in [-0.15, -0.1) is 0 Å². The number of hydrogen-bond donors (Lipinski definition) is 0. The molecule has 5 heteroatoms. The first-order chi connectivity index (χ1) is 27.4. The predicted molar refractivity (Wildman–Crippen MR) is 247 cm³/mol. The Balaban J connectivity index is 0.997. The van der Waals surface area contributed by atoms with Crippen LogP contribution in [0.4, 0.5) is 0 Å². The van der Waals surface area contributed by atoms with Crippen LogP contribution in [0.2, 0.25) is 0 Å². The van der Waals surface area contributed by atoms with Gasteiger partial charge in [-0.3, -0.25) is 2.78 Å². The van der Waals surface area contributed by atoms with Crippen molar-refractivity contribution in [3.63, 3.8) is 0 Å². The summed E-state index contributed by atoms with van der Waals surface area (Å²) in [5, 5.41) is 9.06. The Hall–Kier alpha value is -6.05. The van der Waals surface area contributed by atoms with Gasteiger partial charge in [0, 0.05) is 97.7 Å². The summed E-state index contributed by atoms with van der Waals surface area (Å²) in [6.07, 6.45) is 6.86. The van der Waals surface area contributed by atoms with Crippen LogP contribution in [0.5, 0.6) is 0 Å². The van der Waals surface area contributed by atoms with Gasteiger partial charge in [-0.2, -0.15) is 0 Å². The van der Waals surface area contributed by atoms with E-state index in [1.54, 1.807) is 0 Å². The van der Waals surface area contributed by atoms with Crippen molar-refractivity contribution in [2.75, 3.05) is 0 Å². The number of halogens is 1. The normalized spacial score (nSPS) is 13.1. The van der Waals surface area contributed by atoms with Gasteiger partial charge < -0.3 is 13.7 Å². The molecule has 56 heavy (non-hydrogen) atoms. The maximum atomic E-state index is 2.49. The van der Waals surface area contributed by atoms with Crippen LogP contribution in [0.25, 0.3) is 116 Å². The van der Waals surface area contributed by atoms with Gasteiger partial charge in [0.1, 0.15) is 0 Å². The second-order valence-electron chi connectivity index (χ2n) is 15.6. The summed E-state index contributed by atoms with van der Waals surface area (Å²) in [6.45, 7) is 0. The van der Waals surface area contributed by atoms with E-state index in [-0.39, 0.29) is 0 Å². The Morgan fingerprint density at radius 2 is 1.05 bits per heavy atom. The topological polar surface area (TPSA) is 19.7 Å². The largest absolute Gasteiger partial charge is 0.347 e. The molecule has 7 aromatic carbocycles. The van der Waals surface area contributed by atoms with Crippen molar-refractivity contribution in [1.82, 2.24) is 16.5 Å². The minimum Gasteiger partial charge on any atom is -0.347 e. The van der Waals surface area contributed by atoms with Crippen molar-refractivity contribution < 1.29 is 0 Å². The number of aryl methyl sites for hydroxylation is 3. The van der Waals surface area contributed by atoms with Crippen LogP contribution in [0.3, 0.4) is 0 Å². The molecule has 0 saturated heterocycles. The Kier molecular flexibility index (Phi) is 6.75. The molecule has 0 N–H and O–H groups in total. The van der Waals surface area contributed by atoms with Crippen molar-refractivity contribution in [1.29, 1.82) is 0 Å². The van der Waals surface area contributed by atoms with Gasteiger partial charge in [0.15, 0.2) is 0 Å². The van der Waals surface area contributed by atoms with Gasteiger partial charge >= 0.3 is 0 Å². The van der Waals surface area contributed by atoms with E-state index in [2.05, 4.69) is 206 Å². The van der Waals surface area contributed by atoms with E-state index >= 15 is 0 Å². The number of rotatable bonds is 3. The lowest BCUT2D eigenvalue weighted by Crippen LogP contribution is -1.99. The number of allylic oxidation sites excluding steroid dienone is 1. The van der Waals surface area contributed by atoms with E-state index in [1.807, 2.05) is 0 Å². The SMILES string of the molecule is Cn1c2c(c3cc(-c4ccc5c(c4)c4ccc(-c6cccc7c6c6cccc(-c8ccc9c(c8)c8ccccc8n9C)c6n7C)cc4n5I)ccc31)C=CCC2. The van der Waals surface area contributed by atoms with Gasteiger partial charge in [-0.05, 0) is 95.3 Å². The fourth-order valence-electron chi connectivity index (χ4n) is 10.1. The highest BCUT2D eigenvalue weighted by atomic mass is 127. The average Bonchev–Trinajstić information content (AvgIpc) is 3.92. The number of aromatic nitrogens is 4. The molecule has 4 aromatic heterocycles. The second-order valence-corrected chi connectivity index (χ2v) is 16.6. The number of benzene rings is 7. The highest BCUT2D eigenvalue weighted by Crippen LogP contribution is 2.43. The van der Waals surface area contributed by atoms with E-state index in [1.165, 1.54) is 121 Å². The average molecular weight is 833 g/mol. The molecule has 0 spiro atoms. The van der Waals surface area contributed by atoms with Crippen LogP contribution in [0.15, 0.2) is 140 Å².